The molecule has 1 fully saturated rings. The molecule has 82 valence electrons. The maximum absolute atomic E-state index is 11.3. The van der Waals surface area contributed by atoms with Crippen molar-refractivity contribution in [3.63, 3.8) is 0 Å². The van der Waals surface area contributed by atoms with E-state index in [1.807, 2.05) is 0 Å². The lowest BCUT2D eigenvalue weighted by Gasteiger charge is -2.30. The first-order valence-electron chi connectivity index (χ1n) is 4.98. The zero-order valence-electron chi connectivity index (χ0n) is 8.78. The normalized spacial score (nSPS) is 30.5. The lowest BCUT2D eigenvalue weighted by Crippen LogP contribution is -2.41. The summed E-state index contributed by atoms with van der Waals surface area (Å²) in [6.45, 7) is 2.88. The summed E-state index contributed by atoms with van der Waals surface area (Å²) in [5.41, 5.74) is -0.955. The van der Waals surface area contributed by atoms with Gasteiger partial charge in [-0.25, -0.2) is 0 Å². The fraction of sp³-hybridized carbons (Fsp3) is 0.900. The molecule has 4 heteroatoms. The van der Waals surface area contributed by atoms with Crippen molar-refractivity contribution in [3.8, 4) is 0 Å². The Morgan fingerprint density at radius 3 is 2.86 bits per heavy atom. The van der Waals surface area contributed by atoms with Gasteiger partial charge >= 0.3 is 5.97 Å². The van der Waals surface area contributed by atoms with Gasteiger partial charge in [0.2, 0.25) is 0 Å². The van der Waals surface area contributed by atoms with Crippen LogP contribution in [0.2, 0.25) is 0 Å². The minimum absolute atomic E-state index is 0.352. The number of aliphatic hydroxyl groups is 1. The van der Waals surface area contributed by atoms with Gasteiger partial charge in [0.15, 0.2) is 0 Å². The minimum Gasteiger partial charge on any atom is -0.469 e. The number of hydrogen-bond donors (Lipinski definition) is 1. The second-order valence-corrected chi connectivity index (χ2v) is 3.81. The van der Waals surface area contributed by atoms with Gasteiger partial charge in [-0.1, -0.05) is 0 Å². The lowest BCUT2D eigenvalue weighted by atomic mass is 9.82. The zero-order chi connectivity index (χ0) is 10.6. The van der Waals surface area contributed by atoms with Crippen molar-refractivity contribution >= 4 is 5.97 Å². The SMILES string of the molecule is COC(=O)C(C)C1(O)CCCOCC1. The van der Waals surface area contributed by atoms with E-state index < -0.39 is 11.5 Å². The molecular weight excluding hydrogens is 184 g/mol. The molecule has 0 radical (unpaired) electrons. The Labute approximate surface area is 84.2 Å². The third kappa shape index (κ3) is 2.45. The quantitative estimate of drug-likeness (QED) is 0.671. The second-order valence-electron chi connectivity index (χ2n) is 3.81. The van der Waals surface area contributed by atoms with Crippen LogP contribution >= 0.6 is 0 Å². The molecule has 1 heterocycles. The van der Waals surface area contributed by atoms with Crippen LogP contribution in [-0.4, -0.2) is 37.0 Å². The molecule has 14 heavy (non-hydrogen) atoms. The van der Waals surface area contributed by atoms with Gasteiger partial charge in [0.05, 0.1) is 18.6 Å². The Morgan fingerprint density at radius 2 is 2.21 bits per heavy atom. The zero-order valence-corrected chi connectivity index (χ0v) is 8.78. The standard InChI is InChI=1S/C10H18O4/c1-8(9(11)13-2)10(12)4-3-6-14-7-5-10/h8,12H,3-7H2,1-2H3. The van der Waals surface area contributed by atoms with Gasteiger partial charge in [-0.2, -0.15) is 0 Å². The monoisotopic (exact) mass is 202 g/mol. The number of carbonyl (C=O) groups excluding carboxylic acids is 1. The Kier molecular flexibility index (Phi) is 3.89. The van der Waals surface area contributed by atoms with Crippen molar-refractivity contribution in [1.29, 1.82) is 0 Å². The summed E-state index contributed by atoms with van der Waals surface area (Å²) in [7, 11) is 1.34. The van der Waals surface area contributed by atoms with E-state index in [0.717, 1.165) is 6.42 Å². The van der Waals surface area contributed by atoms with Crippen LogP contribution in [0.25, 0.3) is 0 Å². The number of hydrogen-bond acceptors (Lipinski definition) is 4. The van der Waals surface area contributed by atoms with Crippen LogP contribution in [0, 0.1) is 5.92 Å². The second kappa shape index (κ2) is 4.75. The molecule has 0 aromatic rings. The van der Waals surface area contributed by atoms with E-state index in [1.165, 1.54) is 7.11 Å². The lowest BCUT2D eigenvalue weighted by molar-refractivity contribution is -0.155. The average Bonchev–Trinajstić information content (AvgIpc) is 2.41. The topological polar surface area (TPSA) is 55.8 Å². The molecular formula is C10H18O4. The van der Waals surface area contributed by atoms with Crippen molar-refractivity contribution in [3.05, 3.63) is 0 Å². The molecule has 0 bridgehead atoms. The van der Waals surface area contributed by atoms with Gasteiger partial charge in [-0.05, 0) is 19.8 Å². The fourth-order valence-electron chi connectivity index (χ4n) is 1.79. The number of carbonyl (C=O) groups is 1. The van der Waals surface area contributed by atoms with Gasteiger partial charge in [-0.15, -0.1) is 0 Å². The predicted molar refractivity (Wildman–Crippen MR) is 50.8 cm³/mol. The van der Waals surface area contributed by atoms with E-state index >= 15 is 0 Å². The number of rotatable bonds is 2. The Balaban J connectivity index is 2.65. The number of esters is 1. The highest BCUT2D eigenvalue weighted by molar-refractivity contribution is 5.73. The largest absolute Gasteiger partial charge is 0.469 e. The van der Waals surface area contributed by atoms with Gasteiger partial charge < -0.3 is 14.6 Å². The van der Waals surface area contributed by atoms with E-state index in [1.54, 1.807) is 6.92 Å². The van der Waals surface area contributed by atoms with E-state index in [4.69, 9.17) is 4.74 Å². The van der Waals surface area contributed by atoms with Crippen molar-refractivity contribution < 1.29 is 19.4 Å². The van der Waals surface area contributed by atoms with Crippen LogP contribution in [0.15, 0.2) is 0 Å². The third-order valence-electron chi connectivity index (χ3n) is 2.94. The van der Waals surface area contributed by atoms with Gasteiger partial charge in [-0.3, -0.25) is 4.79 Å². The first-order chi connectivity index (χ1) is 6.60. The highest BCUT2D eigenvalue weighted by atomic mass is 16.5. The third-order valence-corrected chi connectivity index (χ3v) is 2.94. The highest BCUT2D eigenvalue weighted by Gasteiger charge is 2.39. The van der Waals surface area contributed by atoms with Crippen molar-refractivity contribution in [1.82, 2.24) is 0 Å². The molecule has 1 aliphatic rings. The summed E-state index contributed by atoms with van der Waals surface area (Å²) in [5, 5.41) is 10.2. The summed E-state index contributed by atoms with van der Waals surface area (Å²) in [4.78, 5) is 11.3. The Morgan fingerprint density at radius 1 is 1.50 bits per heavy atom. The smallest absolute Gasteiger partial charge is 0.311 e. The maximum Gasteiger partial charge on any atom is 0.311 e. The highest BCUT2D eigenvalue weighted by Crippen LogP contribution is 2.29. The Hall–Kier alpha value is -0.610. The van der Waals surface area contributed by atoms with Crippen molar-refractivity contribution in [2.45, 2.75) is 31.8 Å². The van der Waals surface area contributed by atoms with Crippen LogP contribution in [-0.2, 0) is 14.3 Å². The molecule has 4 nitrogen and oxygen atoms in total. The summed E-state index contributed by atoms with van der Waals surface area (Å²) < 4.78 is 9.87. The molecule has 1 rings (SSSR count). The molecule has 0 spiro atoms. The van der Waals surface area contributed by atoms with Gasteiger partial charge in [0.25, 0.3) is 0 Å². The molecule has 1 N–H and O–H groups in total. The van der Waals surface area contributed by atoms with Crippen LogP contribution in [0.5, 0.6) is 0 Å². The summed E-state index contributed by atoms with van der Waals surface area (Å²) >= 11 is 0. The van der Waals surface area contributed by atoms with Crippen LogP contribution < -0.4 is 0 Å². The summed E-state index contributed by atoms with van der Waals surface area (Å²) in [6.07, 6.45) is 1.89. The van der Waals surface area contributed by atoms with Gasteiger partial charge in [0.1, 0.15) is 0 Å². The van der Waals surface area contributed by atoms with E-state index in [9.17, 15) is 9.90 Å². The molecule has 0 amide bonds. The van der Waals surface area contributed by atoms with Crippen LogP contribution in [0.1, 0.15) is 26.2 Å². The maximum atomic E-state index is 11.3. The van der Waals surface area contributed by atoms with Gasteiger partial charge in [0, 0.05) is 19.6 Å². The average molecular weight is 202 g/mol. The molecule has 0 aliphatic carbocycles. The van der Waals surface area contributed by atoms with Crippen LogP contribution in [0.3, 0.4) is 0 Å². The van der Waals surface area contributed by atoms with Crippen LogP contribution in [0.4, 0.5) is 0 Å². The fourth-order valence-corrected chi connectivity index (χ4v) is 1.79. The van der Waals surface area contributed by atoms with E-state index in [0.29, 0.717) is 26.1 Å². The number of ether oxygens (including phenoxy) is 2. The first-order valence-corrected chi connectivity index (χ1v) is 4.98. The molecule has 2 atom stereocenters. The van der Waals surface area contributed by atoms with E-state index in [-0.39, 0.29) is 5.97 Å². The number of methoxy groups -OCH3 is 1. The Bertz CT molecular complexity index is 194. The molecule has 1 saturated heterocycles. The first kappa shape index (κ1) is 11.5. The van der Waals surface area contributed by atoms with Crippen molar-refractivity contribution in [2.75, 3.05) is 20.3 Å². The molecule has 1 aliphatic heterocycles. The summed E-state index contributed by atoms with van der Waals surface area (Å²) in [5.74, 6) is -0.830. The van der Waals surface area contributed by atoms with Crippen molar-refractivity contribution in [2.24, 2.45) is 5.92 Å². The summed E-state index contributed by atoms with van der Waals surface area (Å²) in [6, 6.07) is 0. The molecule has 0 aromatic carbocycles. The molecule has 0 aromatic heterocycles. The predicted octanol–water partition coefficient (Wildman–Crippen LogP) is 0.727. The van der Waals surface area contributed by atoms with E-state index in [2.05, 4.69) is 4.74 Å². The molecule has 0 saturated carbocycles. The molecule has 2 unspecified atom stereocenters. The minimum atomic E-state index is -0.955.